The third kappa shape index (κ3) is 3.30. The van der Waals surface area contributed by atoms with Gasteiger partial charge >= 0.3 is 0 Å². The number of ether oxygens (including phenoxy) is 1. The van der Waals surface area contributed by atoms with Crippen molar-refractivity contribution in [3.8, 4) is 5.75 Å². The van der Waals surface area contributed by atoms with Gasteiger partial charge in [0.15, 0.2) is 0 Å². The van der Waals surface area contributed by atoms with Gasteiger partial charge in [-0.3, -0.25) is 0 Å². The van der Waals surface area contributed by atoms with Crippen molar-refractivity contribution in [2.45, 2.75) is 6.92 Å². The topological polar surface area (TPSA) is 29.5 Å². The number of benzene rings is 1. The Morgan fingerprint density at radius 2 is 2.15 bits per heavy atom. The summed E-state index contributed by atoms with van der Waals surface area (Å²) in [5.41, 5.74) is 0.821. The minimum absolute atomic E-state index is 0.301. The van der Waals surface area contributed by atoms with Crippen molar-refractivity contribution < 1.29 is 9.84 Å². The lowest BCUT2D eigenvalue weighted by Gasteiger charge is -1.97. The number of rotatable bonds is 4. The zero-order valence-corrected chi connectivity index (χ0v) is 7.73. The molecule has 1 aromatic carbocycles. The van der Waals surface area contributed by atoms with E-state index in [-0.39, 0.29) is 0 Å². The van der Waals surface area contributed by atoms with Gasteiger partial charge in [0.1, 0.15) is 5.75 Å². The van der Waals surface area contributed by atoms with Crippen LogP contribution in [0.25, 0.3) is 6.08 Å². The zero-order chi connectivity index (χ0) is 9.52. The Morgan fingerprint density at radius 3 is 2.85 bits per heavy atom. The standard InChI is InChI=1S/C11H14O2/c1-2-13-9-5-7-10-6-3-4-8-11(10)12/h3-8,12H,2,9H2,1H3. The summed E-state index contributed by atoms with van der Waals surface area (Å²) < 4.78 is 5.13. The summed E-state index contributed by atoms with van der Waals surface area (Å²) in [6.07, 6.45) is 3.74. The molecule has 0 fully saturated rings. The van der Waals surface area contributed by atoms with Crippen LogP contribution in [0.5, 0.6) is 5.75 Å². The van der Waals surface area contributed by atoms with E-state index in [2.05, 4.69) is 0 Å². The molecule has 0 amide bonds. The van der Waals surface area contributed by atoms with Gasteiger partial charge in [0.2, 0.25) is 0 Å². The number of phenolic OH excluding ortho intramolecular Hbond substituents is 1. The van der Waals surface area contributed by atoms with Gasteiger partial charge < -0.3 is 9.84 Å². The highest BCUT2D eigenvalue weighted by atomic mass is 16.5. The Balaban J connectivity index is 2.53. The molecule has 1 N–H and O–H groups in total. The quantitative estimate of drug-likeness (QED) is 0.717. The van der Waals surface area contributed by atoms with Gasteiger partial charge in [-0.15, -0.1) is 0 Å². The van der Waals surface area contributed by atoms with Crippen molar-refractivity contribution in [1.29, 1.82) is 0 Å². The molecule has 0 aliphatic rings. The van der Waals surface area contributed by atoms with Crippen LogP contribution in [0, 0.1) is 0 Å². The van der Waals surface area contributed by atoms with Crippen LogP contribution < -0.4 is 0 Å². The van der Waals surface area contributed by atoms with Crippen molar-refractivity contribution in [3.63, 3.8) is 0 Å². The van der Waals surface area contributed by atoms with Gasteiger partial charge in [0.25, 0.3) is 0 Å². The highest BCUT2D eigenvalue weighted by molar-refractivity contribution is 5.56. The third-order valence-electron chi connectivity index (χ3n) is 1.65. The average Bonchev–Trinajstić information content (AvgIpc) is 2.15. The predicted octanol–water partition coefficient (Wildman–Crippen LogP) is 2.44. The normalized spacial score (nSPS) is 10.8. The number of para-hydroxylation sites is 1. The molecule has 0 spiro atoms. The average molecular weight is 178 g/mol. The maximum absolute atomic E-state index is 9.37. The molecular formula is C11H14O2. The summed E-state index contributed by atoms with van der Waals surface area (Å²) in [4.78, 5) is 0. The molecule has 1 aromatic rings. The smallest absolute Gasteiger partial charge is 0.122 e. The van der Waals surface area contributed by atoms with Gasteiger partial charge in [-0.1, -0.05) is 30.4 Å². The van der Waals surface area contributed by atoms with E-state index in [1.54, 1.807) is 12.1 Å². The van der Waals surface area contributed by atoms with Crippen LogP contribution >= 0.6 is 0 Å². The molecule has 2 nitrogen and oxygen atoms in total. The molecule has 0 saturated heterocycles. The molecule has 0 atom stereocenters. The van der Waals surface area contributed by atoms with Crippen molar-refractivity contribution >= 4 is 6.08 Å². The fourth-order valence-electron chi connectivity index (χ4n) is 0.989. The minimum atomic E-state index is 0.301. The number of phenols is 1. The lowest BCUT2D eigenvalue weighted by atomic mass is 10.2. The summed E-state index contributed by atoms with van der Waals surface area (Å²) in [7, 11) is 0. The van der Waals surface area contributed by atoms with Crippen LogP contribution in [0.1, 0.15) is 12.5 Å². The summed E-state index contributed by atoms with van der Waals surface area (Å²) >= 11 is 0. The van der Waals surface area contributed by atoms with E-state index < -0.39 is 0 Å². The summed E-state index contributed by atoms with van der Waals surface area (Å²) in [6.45, 7) is 3.25. The van der Waals surface area contributed by atoms with Gasteiger partial charge in [-0.05, 0) is 13.0 Å². The maximum atomic E-state index is 9.37. The zero-order valence-electron chi connectivity index (χ0n) is 7.73. The van der Waals surface area contributed by atoms with E-state index in [1.165, 1.54) is 0 Å². The number of aromatic hydroxyl groups is 1. The van der Waals surface area contributed by atoms with Crippen molar-refractivity contribution in [2.75, 3.05) is 13.2 Å². The molecule has 70 valence electrons. The molecule has 1 rings (SSSR count). The Labute approximate surface area is 78.5 Å². The summed E-state index contributed by atoms with van der Waals surface area (Å²) in [5.74, 6) is 0.301. The Morgan fingerprint density at radius 1 is 1.38 bits per heavy atom. The highest BCUT2D eigenvalue weighted by Crippen LogP contribution is 2.16. The second kappa shape index (κ2) is 5.38. The number of hydrogen-bond acceptors (Lipinski definition) is 2. The fraction of sp³-hybridized carbons (Fsp3) is 0.273. The van der Waals surface area contributed by atoms with E-state index >= 15 is 0 Å². The lowest BCUT2D eigenvalue weighted by molar-refractivity contribution is 0.178. The fourth-order valence-corrected chi connectivity index (χ4v) is 0.989. The van der Waals surface area contributed by atoms with E-state index in [0.29, 0.717) is 19.0 Å². The Kier molecular flexibility index (Phi) is 4.06. The third-order valence-corrected chi connectivity index (χ3v) is 1.65. The molecule has 0 aliphatic heterocycles. The first kappa shape index (κ1) is 9.81. The van der Waals surface area contributed by atoms with E-state index in [9.17, 15) is 5.11 Å². The van der Waals surface area contributed by atoms with Gasteiger partial charge in [0, 0.05) is 12.2 Å². The minimum Gasteiger partial charge on any atom is -0.507 e. The molecule has 0 aromatic heterocycles. The van der Waals surface area contributed by atoms with Crippen molar-refractivity contribution in [3.05, 3.63) is 35.9 Å². The first-order valence-electron chi connectivity index (χ1n) is 4.37. The van der Waals surface area contributed by atoms with E-state index in [1.807, 2.05) is 31.2 Å². The monoisotopic (exact) mass is 178 g/mol. The molecule has 13 heavy (non-hydrogen) atoms. The molecule has 2 heteroatoms. The van der Waals surface area contributed by atoms with Crippen LogP contribution in [0.3, 0.4) is 0 Å². The Hall–Kier alpha value is -1.28. The maximum Gasteiger partial charge on any atom is 0.122 e. The largest absolute Gasteiger partial charge is 0.507 e. The second-order valence-electron chi connectivity index (χ2n) is 2.62. The first-order chi connectivity index (χ1) is 6.34. The van der Waals surface area contributed by atoms with Gasteiger partial charge in [0.05, 0.1) is 6.61 Å². The second-order valence-corrected chi connectivity index (χ2v) is 2.62. The molecule has 0 radical (unpaired) electrons. The molecule has 0 heterocycles. The number of hydrogen-bond donors (Lipinski definition) is 1. The predicted molar refractivity (Wildman–Crippen MR) is 53.6 cm³/mol. The van der Waals surface area contributed by atoms with Crippen LogP contribution in [0.15, 0.2) is 30.3 Å². The first-order valence-corrected chi connectivity index (χ1v) is 4.37. The summed E-state index contributed by atoms with van der Waals surface area (Å²) in [6, 6.07) is 7.22. The van der Waals surface area contributed by atoms with Crippen molar-refractivity contribution in [2.24, 2.45) is 0 Å². The molecule has 0 unspecified atom stereocenters. The molecule has 0 saturated carbocycles. The van der Waals surface area contributed by atoms with Crippen LogP contribution in [0.4, 0.5) is 0 Å². The van der Waals surface area contributed by atoms with E-state index in [4.69, 9.17) is 4.74 Å². The molecular weight excluding hydrogens is 164 g/mol. The summed E-state index contributed by atoms with van der Waals surface area (Å²) in [5, 5.41) is 9.37. The Bertz CT molecular complexity index is 279. The molecule has 0 aliphatic carbocycles. The highest BCUT2D eigenvalue weighted by Gasteiger charge is 1.92. The van der Waals surface area contributed by atoms with Gasteiger partial charge in [-0.2, -0.15) is 0 Å². The SMILES string of the molecule is CCOCC=Cc1ccccc1O. The molecule has 0 bridgehead atoms. The lowest BCUT2D eigenvalue weighted by Crippen LogP contribution is -1.87. The van der Waals surface area contributed by atoms with Crippen LogP contribution in [-0.2, 0) is 4.74 Å². The van der Waals surface area contributed by atoms with E-state index in [0.717, 1.165) is 5.56 Å². The van der Waals surface area contributed by atoms with Gasteiger partial charge in [-0.25, -0.2) is 0 Å². The van der Waals surface area contributed by atoms with Crippen LogP contribution in [-0.4, -0.2) is 18.3 Å². The van der Waals surface area contributed by atoms with Crippen molar-refractivity contribution in [1.82, 2.24) is 0 Å². The van der Waals surface area contributed by atoms with Crippen LogP contribution in [0.2, 0.25) is 0 Å².